The fourth-order valence-electron chi connectivity index (χ4n) is 5.12. The highest BCUT2D eigenvalue weighted by Crippen LogP contribution is 2.48. The molecule has 0 amide bonds. The lowest BCUT2D eigenvalue weighted by molar-refractivity contribution is -0.192. The van der Waals surface area contributed by atoms with Crippen LogP contribution in [0.4, 0.5) is 19.0 Å². The van der Waals surface area contributed by atoms with Gasteiger partial charge in [-0.05, 0) is 31.0 Å². The van der Waals surface area contributed by atoms with Gasteiger partial charge in [-0.25, -0.2) is 14.8 Å². The number of fused-ring (bicyclic) bond motifs is 2. The van der Waals surface area contributed by atoms with Gasteiger partial charge in [-0.1, -0.05) is 29.3 Å². The Morgan fingerprint density at radius 3 is 2.50 bits per heavy atom. The first-order valence-electron chi connectivity index (χ1n) is 11.6. The number of nitrogens with zero attached hydrogens (tertiary/aromatic N) is 6. The number of aromatic nitrogens is 5. The van der Waals surface area contributed by atoms with Gasteiger partial charge in [-0.2, -0.15) is 18.3 Å². The summed E-state index contributed by atoms with van der Waals surface area (Å²) in [4.78, 5) is 20.6. The fraction of sp³-hybridized carbons (Fsp3) is 0.333. The van der Waals surface area contributed by atoms with Gasteiger partial charge in [-0.15, -0.1) is 0 Å². The molecule has 1 spiro atoms. The minimum Gasteiger partial charge on any atom is -0.475 e. The van der Waals surface area contributed by atoms with Gasteiger partial charge in [-0.3, -0.25) is 9.08 Å². The Labute approximate surface area is 224 Å². The van der Waals surface area contributed by atoms with Gasteiger partial charge < -0.3 is 15.7 Å². The van der Waals surface area contributed by atoms with Crippen molar-refractivity contribution in [2.24, 2.45) is 11.1 Å². The highest BCUT2D eigenvalue weighted by Gasteiger charge is 2.47. The van der Waals surface area contributed by atoms with Gasteiger partial charge in [0.25, 0.3) is 0 Å². The van der Waals surface area contributed by atoms with Crippen molar-refractivity contribution in [2.75, 3.05) is 18.0 Å². The smallest absolute Gasteiger partial charge is 0.475 e. The van der Waals surface area contributed by atoms with Crippen molar-refractivity contribution in [3.05, 3.63) is 64.8 Å². The number of aliphatic carboxylic acids is 1. The van der Waals surface area contributed by atoms with E-state index in [1.807, 2.05) is 47.4 Å². The molecular formula is C24H22Cl2F3N7O2. The van der Waals surface area contributed by atoms with Crippen LogP contribution >= 0.6 is 23.2 Å². The summed E-state index contributed by atoms with van der Waals surface area (Å²) in [5, 5.41) is 12.6. The van der Waals surface area contributed by atoms with Crippen LogP contribution in [0.1, 0.15) is 24.6 Å². The van der Waals surface area contributed by atoms with Gasteiger partial charge in [0.05, 0.1) is 28.0 Å². The lowest BCUT2D eigenvalue weighted by Crippen LogP contribution is -2.45. The number of imidazole rings is 1. The molecule has 0 unspecified atom stereocenters. The molecule has 0 bridgehead atoms. The number of carboxylic acids is 1. The maximum absolute atomic E-state index is 10.6. The molecule has 14 heteroatoms. The SMILES string of the molecule is N[C@@H]1c2ccnn2CC12CCN(c1nccn3c(-c4cccc(Cl)c4Cl)ncc13)CC2.O=C(O)C(F)(F)F. The minimum absolute atomic E-state index is 0.0347. The fourth-order valence-corrected chi connectivity index (χ4v) is 5.50. The van der Waals surface area contributed by atoms with Crippen LogP contribution in [0.5, 0.6) is 0 Å². The van der Waals surface area contributed by atoms with Crippen LogP contribution in [0.25, 0.3) is 16.9 Å². The van der Waals surface area contributed by atoms with Gasteiger partial charge in [0, 0.05) is 49.2 Å². The maximum atomic E-state index is 10.6. The molecule has 1 saturated heterocycles. The summed E-state index contributed by atoms with van der Waals surface area (Å²) in [6.07, 6.45) is 4.34. The Kier molecular flexibility index (Phi) is 6.74. The number of piperidine rings is 1. The third-order valence-electron chi connectivity index (χ3n) is 7.12. The highest BCUT2D eigenvalue weighted by atomic mass is 35.5. The zero-order chi connectivity index (χ0) is 27.2. The van der Waals surface area contributed by atoms with Crippen molar-refractivity contribution in [2.45, 2.75) is 31.6 Å². The number of benzene rings is 1. The van der Waals surface area contributed by atoms with E-state index in [-0.39, 0.29) is 11.5 Å². The second kappa shape index (κ2) is 9.75. The summed E-state index contributed by atoms with van der Waals surface area (Å²) in [5.74, 6) is -1.08. The van der Waals surface area contributed by atoms with Crippen LogP contribution in [0, 0.1) is 5.41 Å². The first kappa shape index (κ1) is 26.3. The van der Waals surface area contributed by atoms with E-state index in [0.29, 0.717) is 10.0 Å². The van der Waals surface area contributed by atoms with E-state index < -0.39 is 12.1 Å². The third-order valence-corrected chi connectivity index (χ3v) is 7.94. The van der Waals surface area contributed by atoms with Crippen LogP contribution in [0.15, 0.2) is 49.1 Å². The van der Waals surface area contributed by atoms with Crippen molar-refractivity contribution in [1.82, 2.24) is 24.1 Å². The second-order valence-electron chi connectivity index (χ2n) is 9.23. The molecule has 1 aromatic carbocycles. The average Bonchev–Trinajstić information content (AvgIpc) is 3.57. The molecule has 4 aromatic rings. The molecule has 3 N–H and O–H groups in total. The predicted molar refractivity (Wildman–Crippen MR) is 135 cm³/mol. The molecule has 38 heavy (non-hydrogen) atoms. The number of hydrogen-bond acceptors (Lipinski definition) is 6. The summed E-state index contributed by atoms with van der Waals surface area (Å²) in [6.45, 7) is 2.68. The normalized spacial score (nSPS) is 18.4. The number of alkyl halides is 3. The quantitative estimate of drug-likeness (QED) is 0.356. The topological polar surface area (TPSA) is 115 Å². The van der Waals surface area contributed by atoms with Crippen molar-refractivity contribution in [1.29, 1.82) is 0 Å². The molecule has 0 saturated carbocycles. The van der Waals surface area contributed by atoms with Gasteiger partial charge in [0.2, 0.25) is 0 Å². The Bertz CT molecular complexity index is 1500. The molecule has 3 aromatic heterocycles. The third kappa shape index (κ3) is 4.56. The van der Waals surface area contributed by atoms with Crippen molar-refractivity contribution in [3.8, 4) is 11.4 Å². The van der Waals surface area contributed by atoms with Crippen LogP contribution in [-0.2, 0) is 11.3 Å². The van der Waals surface area contributed by atoms with Crippen molar-refractivity contribution in [3.63, 3.8) is 0 Å². The lowest BCUT2D eigenvalue weighted by Gasteiger charge is -2.41. The van der Waals surface area contributed by atoms with E-state index in [9.17, 15) is 13.2 Å². The van der Waals surface area contributed by atoms with Gasteiger partial charge in [0.15, 0.2) is 5.82 Å². The number of carboxylic acid groups (broad SMARTS) is 1. The molecule has 1 fully saturated rings. The zero-order valence-corrected chi connectivity index (χ0v) is 21.2. The maximum Gasteiger partial charge on any atom is 0.490 e. The second-order valence-corrected chi connectivity index (χ2v) is 10.0. The van der Waals surface area contributed by atoms with E-state index in [1.165, 1.54) is 0 Å². The number of rotatable bonds is 2. The molecule has 0 radical (unpaired) electrons. The van der Waals surface area contributed by atoms with Gasteiger partial charge >= 0.3 is 12.1 Å². The molecule has 200 valence electrons. The largest absolute Gasteiger partial charge is 0.490 e. The summed E-state index contributed by atoms with van der Waals surface area (Å²) in [5.41, 5.74) is 9.61. The molecular weight excluding hydrogens is 546 g/mol. The molecule has 2 aliphatic heterocycles. The summed E-state index contributed by atoms with van der Waals surface area (Å²) < 4.78 is 35.8. The molecule has 6 rings (SSSR count). The van der Waals surface area contributed by atoms with Crippen LogP contribution in [0.3, 0.4) is 0 Å². The molecule has 9 nitrogen and oxygen atoms in total. The lowest BCUT2D eigenvalue weighted by atomic mass is 9.73. The highest BCUT2D eigenvalue weighted by molar-refractivity contribution is 6.43. The van der Waals surface area contributed by atoms with Gasteiger partial charge in [0.1, 0.15) is 11.3 Å². The zero-order valence-electron chi connectivity index (χ0n) is 19.7. The number of halogens is 5. The Morgan fingerprint density at radius 2 is 1.84 bits per heavy atom. The van der Waals surface area contributed by atoms with E-state index in [1.54, 1.807) is 6.07 Å². The number of carbonyl (C=O) groups is 1. The van der Waals surface area contributed by atoms with E-state index in [0.717, 1.165) is 60.9 Å². The minimum atomic E-state index is -5.08. The monoisotopic (exact) mass is 567 g/mol. The summed E-state index contributed by atoms with van der Waals surface area (Å²) in [6, 6.07) is 7.67. The number of hydrogen-bond donors (Lipinski definition) is 2. The van der Waals surface area contributed by atoms with E-state index in [4.69, 9.17) is 43.8 Å². The van der Waals surface area contributed by atoms with E-state index in [2.05, 4.69) is 19.7 Å². The standard InChI is InChI=1S/C22H21Cl2N7.C2HF3O2/c23-15-3-1-2-14(18(15)24)20-27-12-17-21(26-8-11-30(17)20)29-9-5-22(6-10-29)13-31-16(19(22)25)4-7-28-31;3-2(4,5)1(6)7/h1-4,7-8,11-12,19H,5-6,9-10,13,25H2;(H,6,7)/t19-;/m1./s1. The van der Waals surface area contributed by atoms with Crippen molar-refractivity contribution < 1.29 is 23.1 Å². The number of nitrogens with two attached hydrogens (primary N) is 1. The average molecular weight is 568 g/mol. The number of anilines is 1. The van der Waals surface area contributed by atoms with Crippen LogP contribution in [0.2, 0.25) is 10.0 Å². The molecule has 1 atom stereocenters. The summed E-state index contributed by atoms with van der Waals surface area (Å²) >= 11 is 12.7. The summed E-state index contributed by atoms with van der Waals surface area (Å²) in [7, 11) is 0. The molecule has 2 aliphatic rings. The Hall–Kier alpha value is -3.35. The molecule has 0 aliphatic carbocycles. The first-order valence-corrected chi connectivity index (χ1v) is 12.4. The van der Waals surface area contributed by atoms with E-state index >= 15 is 0 Å². The predicted octanol–water partition coefficient (Wildman–Crippen LogP) is 4.83. The molecule has 5 heterocycles. The van der Waals surface area contributed by atoms with Crippen LogP contribution < -0.4 is 10.6 Å². The van der Waals surface area contributed by atoms with Crippen LogP contribution in [-0.4, -0.2) is 54.5 Å². The first-order chi connectivity index (χ1) is 18.0. The van der Waals surface area contributed by atoms with Crippen molar-refractivity contribution >= 4 is 40.5 Å². The Balaban J connectivity index is 0.000000374. The Morgan fingerprint density at radius 1 is 1.13 bits per heavy atom.